The molecule has 18 heavy (non-hydrogen) atoms. The van der Waals surface area contributed by atoms with E-state index >= 15 is 0 Å². The number of hydrogen-bond donors (Lipinski definition) is 1. The van der Waals surface area contributed by atoms with Gasteiger partial charge in [-0.15, -0.1) is 0 Å². The summed E-state index contributed by atoms with van der Waals surface area (Å²) < 4.78 is 6.33. The van der Waals surface area contributed by atoms with Crippen LogP contribution < -0.4 is 5.56 Å². The van der Waals surface area contributed by atoms with Gasteiger partial charge in [0, 0.05) is 11.6 Å². The van der Waals surface area contributed by atoms with Gasteiger partial charge >= 0.3 is 5.97 Å². The fourth-order valence-electron chi connectivity index (χ4n) is 1.59. The number of aryl methyl sites for hydroxylation is 2. The molecule has 0 aliphatic carbocycles. The van der Waals surface area contributed by atoms with E-state index in [4.69, 9.17) is 9.52 Å². The highest BCUT2D eigenvalue weighted by molar-refractivity contribution is 5.84. The molecule has 2 aromatic rings. The summed E-state index contributed by atoms with van der Waals surface area (Å²) in [5, 5.41) is 12.8. The highest BCUT2D eigenvalue weighted by Gasteiger charge is 2.13. The number of carbonyl (C=O) groups is 1. The van der Waals surface area contributed by atoms with Crippen molar-refractivity contribution in [1.29, 1.82) is 0 Å². The zero-order valence-electron chi connectivity index (χ0n) is 10.0. The van der Waals surface area contributed by atoms with Crippen molar-refractivity contribution in [3.8, 4) is 0 Å². The third kappa shape index (κ3) is 2.32. The SMILES string of the molecule is Cc1cnn(Cc2cc(C(=O)O)oc2C)c(=O)c1. The first-order valence-electron chi connectivity index (χ1n) is 5.34. The second-order valence-electron chi connectivity index (χ2n) is 4.03. The number of hydrogen-bond acceptors (Lipinski definition) is 4. The lowest BCUT2D eigenvalue weighted by atomic mass is 10.2. The van der Waals surface area contributed by atoms with E-state index in [-0.39, 0.29) is 17.9 Å². The fourth-order valence-corrected chi connectivity index (χ4v) is 1.59. The monoisotopic (exact) mass is 248 g/mol. The Balaban J connectivity index is 2.34. The topological polar surface area (TPSA) is 85.3 Å². The van der Waals surface area contributed by atoms with E-state index in [0.717, 1.165) is 5.56 Å². The number of rotatable bonds is 3. The van der Waals surface area contributed by atoms with Crippen LogP contribution in [0.4, 0.5) is 0 Å². The first-order chi connectivity index (χ1) is 8.47. The Morgan fingerprint density at radius 2 is 2.17 bits per heavy atom. The molecule has 0 aliphatic rings. The number of carboxylic acid groups (broad SMARTS) is 1. The maximum Gasteiger partial charge on any atom is 0.371 e. The van der Waals surface area contributed by atoms with Crippen LogP contribution in [-0.2, 0) is 6.54 Å². The van der Waals surface area contributed by atoms with Crippen molar-refractivity contribution in [3.05, 3.63) is 51.3 Å². The standard InChI is InChI=1S/C12H12N2O4/c1-7-3-11(15)14(13-5-7)6-9-4-10(12(16)17)18-8(9)2/h3-5H,6H2,1-2H3,(H,16,17). The molecule has 0 amide bonds. The van der Waals surface area contributed by atoms with Crippen LogP contribution in [0.15, 0.2) is 27.5 Å². The fraction of sp³-hybridized carbons (Fsp3) is 0.250. The molecule has 94 valence electrons. The average Bonchev–Trinajstić information content (AvgIpc) is 2.64. The van der Waals surface area contributed by atoms with Gasteiger partial charge in [-0.3, -0.25) is 4.79 Å². The van der Waals surface area contributed by atoms with Crippen molar-refractivity contribution in [2.75, 3.05) is 0 Å². The van der Waals surface area contributed by atoms with E-state index in [0.29, 0.717) is 11.3 Å². The molecule has 2 aromatic heterocycles. The van der Waals surface area contributed by atoms with Crippen molar-refractivity contribution in [2.24, 2.45) is 0 Å². The molecule has 6 nitrogen and oxygen atoms in total. The maximum atomic E-state index is 11.6. The van der Waals surface area contributed by atoms with Crippen molar-refractivity contribution in [3.63, 3.8) is 0 Å². The first-order valence-corrected chi connectivity index (χ1v) is 5.34. The Bertz CT molecular complexity index is 654. The lowest BCUT2D eigenvalue weighted by molar-refractivity contribution is 0.0661. The molecule has 2 rings (SSSR count). The van der Waals surface area contributed by atoms with Gasteiger partial charge in [0.2, 0.25) is 5.76 Å². The van der Waals surface area contributed by atoms with Crippen LogP contribution in [-0.4, -0.2) is 20.9 Å². The van der Waals surface area contributed by atoms with Crippen LogP contribution >= 0.6 is 0 Å². The molecule has 0 spiro atoms. The molecule has 0 saturated carbocycles. The molecule has 0 aliphatic heterocycles. The van der Waals surface area contributed by atoms with Gasteiger partial charge < -0.3 is 9.52 Å². The average molecular weight is 248 g/mol. The van der Waals surface area contributed by atoms with Crippen LogP contribution in [0.3, 0.4) is 0 Å². The minimum absolute atomic E-state index is 0.136. The van der Waals surface area contributed by atoms with Crippen molar-refractivity contribution < 1.29 is 14.3 Å². The van der Waals surface area contributed by atoms with Gasteiger partial charge in [0.05, 0.1) is 12.7 Å². The lowest BCUT2D eigenvalue weighted by Crippen LogP contribution is -2.22. The molecule has 0 bridgehead atoms. The first kappa shape index (κ1) is 12.1. The smallest absolute Gasteiger partial charge is 0.371 e. The van der Waals surface area contributed by atoms with E-state index in [2.05, 4.69) is 5.10 Å². The van der Waals surface area contributed by atoms with Gasteiger partial charge in [0.25, 0.3) is 5.56 Å². The summed E-state index contributed by atoms with van der Waals surface area (Å²) in [4.78, 5) is 22.4. The van der Waals surface area contributed by atoms with Crippen LogP contribution in [0.1, 0.15) is 27.4 Å². The Labute approximate surface area is 102 Å². The van der Waals surface area contributed by atoms with Gasteiger partial charge in [-0.2, -0.15) is 5.10 Å². The summed E-state index contributed by atoms with van der Waals surface area (Å²) in [6, 6.07) is 2.88. The van der Waals surface area contributed by atoms with E-state index < -0.39 is 5.97 Å². The van der Waals surface area contributed by atoms with Crippen LogP contribution in [0, 0.1) is 13.8 Å². The zero-order valence-corrected chi connectivity index (χ0v) is 10.0. The van der Waals surface area contributed by atoms with Gasteiger partial charge in [-0.25, -0.2) is 9.48 Å². The number of aromatic carboxylic acids is 1. The minimum atomic E-state index is -1.13. The lowest BCUT2D eigenvalue weighted by Gasteiger charge is -2.02. The molecule has 6 heteroatoms. The molecule has 0 fully saturated rings. The molecule has 0 aromatic carbocycles. The van der Waals surface area contributed by atoms with Crippen molar-refractivity contribution in [2.45, 2.75) is 20.4 Å². The molecule has 1 N–H and O–H groups in total. The maximum absolute atomic E-state index is 11.6. The normalized spacial score (nSPS) is 10.6. The Hall–Kier alpha value is -2.37. The summed E-state index contributed by atoms with van der Waals surface area (Å²) in [5.74, 6) is -0.794. The van der Waals surface area contributed by atoms with E-state index in [1.54, 1.807) is 20.0 Å². The summed E-state index contributed by atoms with van der Waals surface area (Å²) in [5.41, 5.74) is 1.18. The van der Waals surface area contributed by atoms with Crippen molar-refractivity contribution in [1.82, 2.24) is 9.78 Å². The highest BCUT2D eigenvalue weighted by atomic mass is 16.4. The van der Waals surface area contributed by atoms with Gasteiger partial charge in [0.15, 0.2) is 0 Å². The molecule has 0 unspecified atom stereocenters. The molecular weight excluding hydrogens is 236 g/mol. The molecular formula is C12H12N2O4. The van der Waals surface area contributed by atoms with E-state index in [1.165, 1.54) is 16.8 Å². The predicted octanol–water partition coefficient (Wildman–Crippen LogP) is 1.20. The quantitative estimate of drug-likeness (QED) is 0.882. The van der Waals surface area contributed by atoms with Gasteiger partial charge in [0.1, 0.15) is 5.76 Å². The number of aromatic nitrogens is 2. The Morgan fingerprint density at radius 3 is 2.72 bits per heavy atom. The minimum Gasteiger partial charge on any atom is -0.475 e. The molecule has 2 heterocycles. The highest BCUT2D eigenvalue weighted by Crippen LogP contribution is 2.15. The summed E-state index contributed by atoms with van der Waals surface area (Å²) in [7, 11) is 0. The van der Waals surface area contributed by atoms with Crippen molar-refractivity contribution >= 4 is 5.97 Å². The third-order valence-electron chi connectivity index (χ3n) is 2.56. The second-order valence-corrected chi connectivity index (χ2v) is 4.03. The number of nitrogens with zero attached hydrogens (tertiary/aromatic N) is 2. The van der Waals surface area contributed by atoms with Crippen LogP contribution in [0.5, 0.6) is 0 Å². The summed E-state index contributed by atoms with van der Waals surface area (Å²) >= 11 is 0. The zero-order chi connectivity index (χ0) is 13.3. The summed E-state index contributed by atoms with van der Waals surface area (Å²) in [6.45, 7) is 3.63. The third-order valence-corrected chi connectivity index (χ3v) is 2.56. The Kier molecular flexibility index (Phi) is 3.01. The molecule has 0 saturated heterocycles. The van der Waals surface area contributed by atoms with Gasteiger partial charge in [-0.1, -0.05) is 0 Å². The predicted molar refractivity (Wildman–Crippen MR) is 62.7 cm³/mol. The van der Waals surface area contributed by atoms with Gasteiger partial charge in [-0.05, 0) is 25.5 Å². The Morgan fingerprint density at radius 1 is 1.44 bits per heavy atom. The largest absolute Gasteiger partial charge is 0.475 e. The number of carboxylic acids is 1. The van der Waals surface area contributed by atoms with E-state index in [9.17, 15) is 9.59 Å². The van der Waals surface area contributed by atoms with E-state index in [1.807, 2.05) is 0 Å². The van der Waals surface area contributed by atoms with Crippen LogP contribution in [0.25, 0.3) is 0 Å². The second kappa shape index (κ2) is 4.48. The molecule has 0 atom stereocenters. The molecule has 0 radical (unpaired) electrons. The summed E-state index contributed by atoms with van der Waals surface area (Å²) in [6.07, 6.45) is 1.58. The van der Waals surface area contributed by atoms with Crippen LogP contribution in [0.2, 0.25) is 0 Å². The number of furan rings is 1.